The summed E-state index contributed by atoms with van der Waals surface area (Å²) in [5.41, 5.74) is 0.815. The third kappa shape index (κ3) is 8.45. The maximum atomic E-state index is 12.4. The number of hydrogen-bond donors (Lipinski definition) is 1. The second-order valence-electron chi connectivity index (χ2n) is 4.13. The topological polar surface area (TPSA) is 21.3 Å². The van der Waals surface area contributed by atoms with Gasteiger partial charge in [-0.2, -0.15) is 13.2 Å². The van der Waals surface area contributed by atoms with Crippen LogP contribution in [0.15, 0.2) is 42.2 Å². The highest BCUT2D eigenvalue weighted by Crippen LogP contribution is 2.31. The maximum Gasteiger partial charge on any atom is 0.416 e. The molecule has 1 aromatic rings. The van der Waals surface area contributed by atoms with Crippen molar-refractivity contribution in [2.45, 2.75) is 33.9 Å². The largest absolute Gasteiger partial charge is 0.496 e. The molecule has 1 aromatic carbocycles. The molecule has 1 N–H and O–H groups in total. The molecule has 0 fully saturated rings. The van der Waals surface area contributed by atoms with Gasteiger partial charge in [-0.15, -0.1) is 0 Å². The number of nitrogens with one attached hydrogen (secondary N) is 1. The van der Waals surface area contributed by atoms with Crippen molar-refractivity contribution >= 4 is 5.57 Å². The van der Waals surface area contributed by atoms with Gasteiger partial charge in [-0.1, -0.05) is 32.1 Å². The quantitative estimate of drug-likeness (QED) is 0.581. The molecule has 0 aromatic heterocycles. The van der Waals surface area contributed by atoms with Gasteiger partial charge in [0.15, 0.2) is 0 Å². The lowest BCUT2D eigenvalue weighted by molar-refractivity contribution is -0.137. The number of halogens is 3. The van der Waals surface area contributed by atoms with Crippen LogP contribution in [0.4, 0.5) is 13.2 Å². The highest BCUT2D eigenvalue weighted by molar-refractivity contribution is 5.76. The molecule has 0 aliphatic rings. The van der Waals surface area contributed by atoms with Crippen molar-refractivity contribution in [3.8, 4) is 0 Å². The smallest absolute Gasteiger partial charge is 0.416 e. The number of allylic oxidation sites excluding steroid dienone is 3. The van der Waals surface area contributed by atoms with Gasteiger partial charge in [-0.3, -0.25) is 0 Å². The Labute approximate surface area is 138 Å². The van der Waals surface area contributed by atoms with Crippen LogP contribution in [0.1, 0.15) is 38.8 Å². The Kier molecular flexibility index (Phi) is 13.0. The van der Waals surface area contributed by atoms with Gasteiger partial charge >= 0.3 is 6.18 Å². The molecule has 23 heavy (non-hydrogen) atoms. The van der Waals surface area contributed by atoms with Gasteiger partial charge in [0.25, 0.3) is 0 Å². The van der Waals surface area contributed by atoms with Crippen LogP contribution in [-0.4, -0.2) is 21.2 Å². The van der Waals surface area contributed by atoms with Crippen molar-refractivity contribution in [2.75, 3.05) is 21.2 Å². The summed E-state index contributed by atoms with van der Waals surface area (Å²) in [6.45, 7) is 7.63. The Balaban J connectivity index is 0. The summed E-state index contributed by atoms with van der Waals surface area (Å²) in [6.07, 6.45) is -0.728. The molecule has 1 rings (SSSR count). The van der Waals surface area contributed by atoms with E-state index >= 15 is 0 Å². The first-order chi connectivity index (χ1) is 10.8. The van der Waals surface area contributed by atoms with Gasteiger partial charge in [-0.25, -0.2) is 0 Å². The molecular weight excluding hydrogens is 303 g/mol. The predicted molar refractivity (Wildman–Crippen MR) is 92.2 cm³/mol. The Morgan fingerprint density at radius 3 is 1.70 bits per heavy atom. The summed E-state index contributed by atoms with van der Waals surface area (Å²) in [5.74, 6) is 0.636. The normalized spacial score (nSPS) is 11.7. The van der Waals surface area contributed by atoms with Crippen molar-refractivity contribution in [3.63, 3.8) is 0 Å². The Morgan fingerprint density at radius 1 is 1.00 bits per heavy atom. The van der Waals surface area contributed by atoms with Gasteiger partial charge in [0.2, 0.25) is 0 Å². The van der Waals surface area contributed by atoms with E-state index in [4.69, 9.17) is 4.74 Å². The summed E-state index contributed by atoms with van der Waals surface area (Å²) >= 11 is 0. The SMILES string of the molecule is C/C=C(\C(=C/C)OC)c1ccc(C(F)(F)F)cc1.CC.CNC. The van der Waals surface area contributed by atoms with Crippen LogP contribution in [0.3, 0.4) is 0 Å². The molecule has 0 saturated carbocycles. The van der Waals surface area contributed by atoms with Crippen molar-refractivity contribution in [1.29, 1.82) is 0 Å². The van der Waals surface area contributed by atoms with Gasteiger partial charge in [0.05, 0.1) is 12.7 Å². The van der Waals surface area contributed by atoms with E-state index < -0.39 is 11.7 Å². The number of rotatable bonds is 3. The molecule has 0 unspecified atom stereocenters. The summed E-state index contributed by atoms with van der Waals surface area (Å²) in [5, 5.41) is 2.75. The third-order valence-electron chi connectivity index (χ3n) is 2.56. The molecule has 0 amide bonds. The van der Waals surface area contributed by atoms with Crippen molar-refractivity contribution in [3.05, 3.63) is 53.3 Å². The van der Waals surface area contributed by atoms with E-state index in [1.165, 1.54) is 19.2 Å². The minimum Gasteiger partial charge on any atom is -0.496 e. The van der Waals surface area contributed by atoms with Crippen LogP contribution in [0.2, 0.25) is 0 Å². The average Bonchev–Trinajstić information content (AvgIpc) is 2.54. The zero-order valence-corrected chi connectivity index (χ0v) is 15.0. The Hall–Kier alpha value is -1.75. The minimum absolute atomic E-state index is 0.636. The van der Waals surface area contributed by atoms with Gasteiger partial charge in [-0.05, 0) is 51.7 Å². The molecule has 2 nitrogen and oxygen atoms in total. The molecule has 0 radical (unpaired) electrons. The average molecular weight is 331 g/mol. The first-order valence-electron chi connectivity index (χ1n) is 7.48. The van der Waals surface area contributed by atoms with Crippen molar-refractivity contribution in [2.24, 2.45) is 0 Å². The highest BCUT2D eigenvalue weighted by atomic mass is 19.4. The summed E-state index contributed by atoms with van der Waals surface area (Å²) < 4.78 is 42.5. The summed E-state index contributed by atoms with van der Waals surface area (Å²) in [4.78, 5) is 0. The second kappa shape index (κ2) is 12.8. The molecule has 0 heterocycles. The lowest BCUT2D eigenvalue weighted by atomic mass is 10.0. The molecule has 0 aliphatic heterocycles. The summed E-state index contributed by atoms with van der Waals surface area (Å²) in [7, 11) is 5.28. The maximum absolute atomic E-state index is 12.4. The lowest BCUT2D eigenvalue weighted by Gasteiger charge is -2.12. The standard InChI is InChI=1S/C14H15F3O.C2H7N.C2H6/c1-4-12(13(5-2)18-3)10-6-8-11(9-7-10)14(15,16)17;1-3-2;1-2/h4-9H,1-3H3;3H,1-2H3;1-2H3/b12-4-,13-5+;;. The van der Waals surface area contributed by atoms with Crippen LogP contribution in [0.5, 0.6) is 0 Å². The van der Waals surface area contributed by atoms with Crippen LogP contribution in [-0.2, 0) is 10.9 Å². The first kappa shape index (κ1) is 23.5. The van der Waals surface area contributed by atoms with Gasteiger partial charge in [0, 0.05) is 5.57 Å². The highest BCUT2D eigenvalue weighted by Gasteiger charge is 2.30. The van der Waals surface area contributed by atoms with E-state index in [-0.39, 0.29) is 0 Å². The molecular formula is C18H28F3NO. The van der Waals surface area contributed by atoms with Crippen molar-refractivity contribution in [1.82, 2.24) is 5.32 Å². The number of hydrogen-bond acceptors (Lipinski definition) is 2. The van der Waals surface area contributed by atoms with E-state index in [0.29, 0.717) is 11.3 Å². The number of ether oxygens (including phenoxy) is 1. The van der Waals surface area contributed by atoms with Crippen LogP contribution in [0, 0.1) is 0 Å². The van der Waals surface area contributed by atoms with Crippen LogP contribution in [0.25, 0.3) is 5.57 Å². The van der Waals surface area contributed by atoms with E-state index in [1.54, 1.807) is 12.2 Å². The molecule has 0 atom stereocenters. The zero-order chi connectivity index (χ0) is 18.5. The minimum atomic E-state index is -4.31. The predicted octanol–water partition coefficient (Wildman–Crippen LogP) is 5.52. The van der Waals surface area contributed by atoms with Crippen LogP contribution < -0.4 is 5.32 Å². The molecule has 5 heteroatoms. The molecule has 132 valence electrons. The van der Waals surface area contributed by atoms with Gasteiger partial charge in [0.1, 0.15) is 5.76 Å². The Bertz CT molecular complexity index is 474. The third-order valence-corrected chi connectivity index (χ3v) is 2.56. The fourth-order valence-electron chi connectivity index (χ4n) is 1.67. The zero-order valence-electron chi connectivity index (χ0n) is 15.0. The van der Waals surface area contributed by atoms with E-state index in [2.05, 4.69) is 5.32 Å². The van der Waals surface area contributed by atoms with E-state index in [0.717, 1.165) is 17.7 Å². The van der Waals surface area contributed by atoms with Crippen molar-refractivity contribution < 1.29 is 17.9 Å². The van der Waals surface area contributed by atoms with Crippen LogP contribution >= 0.6 is 0 Å². The fraction of sp³-hybridized carbons (Fsp3) is 0.444. The number of methoxy groups -OCH3 is 1. The molecule has 0 saturated heterocycles. The second-order valence-corrected chi connectivity index (χ2v) is 4.13. The molecule has 0 bridgehead atoms. The number of benzene rings is 1. The number of alkyl halides is 3. The summed E-state index contributed by atoms with van der Waals surface area (Å²) in [6, 6.07) is 5.03. The monoisotopic (exact) mass is 331 g/mol. The molecule has 0 aliphatic carbocycles. The van der Waals surface area contributed by atoms with Gasteiger partial charge < -0.3 is 10.1 Å². The van der Waals surface area contributed by atoms with E-state index in [1.807, 2.05) is 41.8 Å². The molecule has 0 spiro atoms. The Morgan fingerprint density at radius 2 is 1.43 bits per heavy atom. The van der Waals surface area contributed by atoms with E-state index in [9.17, 15) is 13.2 Å². The lowest BCUT2D eigenvalue weighted by Crippen LogP contribution is -2.04. The fourth-order valence-corrected chi connectivity index (χ4v) is 1.67. The first-order valence-corrected chi connectivity index (χ1v) is 7.48.